The van der Waals surface area contributed by atoms with E-state index in [1.54, 1.807) is 24.4 Å². The van der Waals surface area contributed by atoms with Gasteiger partial charge in [-0.3, -0.25) is 14.9 Å². The highest BCUT2D eigenvalue weighted by atomic mass is 35.5. The standard InChI is InChI=1S/C21H16ClN5O3/c1-30-21(29)19-17(11-24-26-19)27(20(28)15-3-2-8-23-10-15)12-13-4-5-14-6-7-18(22)25-16(14)9-13/h2-11H,12H2,1H3,(H,24,26). The van der Waals surface area contributed by atoms with Crippen molar-refractivity contribution in [1.82, 2.24) is 20.2 Å². The van der Waals surface area contributed by atoms with Crippen LogP contribution in [0.25, 0.3) is 10.9 Å². The van der Waals surface area contributed by atoms with Crippen LogP contribution >= 0.6 is 11.6 Å². The minimum absolute atomic E-state index is 0.0803. The van der Waals surface area contributed by atoms with Crippen LogP contribution < -0.4 is 4.90 Å². The van der Waals surface area contributed by atoms with Crippen LogP contribution in [0.1, 0.15) is 26.4 Å². The summed E-state index contributed by atoms with van der Waals surface area (Å²) in [5, 5.41) is 7.83. The first-order valence-electron chi connectivity index (χ1n) is 8.95. The van der Waals surface area contributed by atoms with E-state index in [4.69, 9.17) is 16.3 Å². The molecule has 30 heavy (non-hydrogen) atoms. The molecule has 0 saturated heterocycles. The fourth-order valence-corrected chi connectivity index (χ4v) is 3.22. The van der Waals surface area contributed by atoms with Gasteiger partial charge in [0.15, 0.2) is 5.69 Å². The average molecular weight is 422 g/mol. The van der Waals surface area contributed by atoms with Crippen LogP contribution in [0.2, 0.25) is 5.15 Å². The van der Waals surface area contributed by atoms with E-state index < -0.39 is 5.97 Å². The number of esters is 1. The van der Waals surface area contributed by atoms with Gasteiger partial charge in [0.05, 0.1) is 36.6 Å². The lowest BCUT2D eigenvalue weighted by molar-refractivity contribution is 0.0595. The maximum absolute atomic E-state index is 13.3. The van der Waals surface area contributed by atoms with Crippen molar-refractivity contribution >= 4 is 40.1 Å². The summed E-state index contributed by atoms with van der Waals surface area (Å²) in [7, 11) is 1.26. The van der Waals surface area contributed by atoms with Gasteiger partial charge in [-0.25, -0.2) is 9.78 Å². The number of H-pyrrole nitrogens is 1. The highest BCUT2D eigenvalue weighted by Gasteiger charge is 2.26. The second-order valence-electron chi connectivity index (χ2n) is 6.42. The minimum atomic E-state index is -0.626. The number of methoxy groups -OCH3 is 1. The Morgan fingerprint density at radius 1 is 1.17 bits per heavy atom. The number of hydrogen-bond donors (Lipinski definition) is 1. The van der Waals surface area contributed by atoms with Crippen molar-refractivity contribution in [3.05, 3.63) is 83.0 Å². The number of rotatable bonds is 5. The number of aromatic nitrogens is 4. The number of halogens is 1. The summed E-state index contributed by atoms with van der Waals surface area (Å²) in [6.07, 6.45) is 4.46. The highest BCUT2D eigenvalue weighted by Crippen LogP contribution is 2.25. The molecule has 0 spiro atoms. The summed E-state index contributed by atoms with van der Waals surface area (Å²) in [6, 6.07) is 12.6. The molecule has 0 radical (unpaired) electrons. The maximum atomic E-state index is 13.3. The number of pyridine rings is 2. The third-order valence-electron chi connectivity index (χ3n) is 4.52. The molecule has 0 aliphatic rings. The molecule has 0 unspecified atom stereocenters. The molecule has 8 nitrogen and oxygen atoms in total. The number of nitrogens with zero attached hydrogens (tertiary/aromatic N) is 4. The van der Waals surface area contributed by atoms with Gasteiger partial charge in [0, 0.05) is 17.8 Å². The van der Waals surface area contributed by atoms with Crippen molar-refractivity contribution in [2.75, 3.05) is 12.0 Å². The predicted molar refractivity (Wildman–Crippen MR) is 111 cm³/mol. The van der Waals surface area contributed by atoms with Gasteiger partial charge in [-0.2, -0.15) is 5.10 Å². The lowest BCUT2D eigenvalue weighted by Crippen LogP contribution is -2.31. The molecular formula is C21H16ClN5O3. The molecule has 3 aromatic heterocycles. The molecule has 0 fully saturated rings. The van der Waals surface area contributed by atoms with Gasteiger partial charge >= 0.3 is 5.97 Å². The van der Waals surface area contributed by atoms with Crippen LogP contribution in [-0.2, 0) is 11.3 Å². The number of amides is 1. The van der Waals surface area contributed by atoms with E-state index in [-0.39, 0.29) is 18.1 Å². The van der Waals surface area contributed by atoms with E-state index in [0.29, 0.717) is 21.9 Å². The fraction of sp³-hybridized carbons (Fsp3) is 0.0952. The average Bonchev–Trinajstić information content (AvgIpc) is 3.26. The molecule has 0 saturated carbocycles. The normalized spacial score (nSPS) is 10.7. The number of fused-ring (bicyclic) bond motifs is 1. The molecule has 0 aliphatic heterocycles. The number of ether oxygens (including phenoxy) is 1. The number of anilines is 1. The summed E-state index contributed by atoms with van der Waals surface area (Å²) in [5.74, 6) is -0.966. The molecule has 150 valence electrons. The summed E-state index contributed by atoms with van der Waals surface area (Å²) in [6.45, 7) is 0.168. The van der Waals surface area contributed by atoms with E-state index >= 15 is 0 Å². The van der Waals surface area contributed by atoms with Gasteiger partial charge in [-0.1, -0.05) is 23.7 Å². The Kier molecular flexibility index (Phi) is 5.40. The van der Waals surface area contributed by atoms with E-state index in [1.165, 1.54) is 24.4 Å². The molecule has 4 rings (SSSR count). The van der Waals surface area contributed by atoms with Crippen molar-refractivity contribution in [2.45, 2.75) is 6.54 Å². The number of hydrogen-bond acceptors (Lipinski definition) is 6. The zero-order valence-corrected chi connectivity index (χ0v) is 16.6. The van der Waals surface area contributed by atoms with Crippen molar-refractivity contribution in [1.29, 1.82) is 0 Å². The minimum Gasteiger partial charge on any atom is -0.464 e. The van der Waals surface area contributed by atoms with E-state index in [9.17, 15) is 9.59 Å². The molecular weight excluding hydrogens is 406 g/mol. The van der Waals surface area contributed by atoms with Gasteiger partial charge in [0.2, 0.25) is 0 Å². The van der Waals surface area contributed by atoms with Gasteiger partial charge in [0.1, 0.15) is 5.15 Å². The van der Waals surface area contributed by atoms with Gasteiger partial charge < -0.3 is 9.64 Å². The predicted octanol–water partition coefficient (Wildman–Crippen LogP) is 3.64. The summed E-state index contributed by atoms with van der Waals surface area (Å²) in [5.41, 5.74) is 2.25. The maximum Gasteiger partial charge on any atom is 0.358 e. The Morgan fingerprint density at radius 3 is 2.77 bits per heavy atom. The van der Waals surface area contributed by atoms with E-state index in [2.05, 4.69) is 20.2 Å². The molecule has 4 aromatic rings. The Morgan fingerprint density at radius 2 is 2.00 bits per heavy atom. The summed E-state index contributed by atoms with van der Waals surface area (Å²) < 4.78 is 4.81. The van der Waals surface area contributed by atoms with Crippen LogP contribution in [0.3, 0.4) is 0 Å². The van der Waals surface area contributed by atoms with Crippen LogP contribution in [-0.4, -0.2) is 39.2 Å². The molecule has 0 aliphatic carbocycles. The first-order chi connectivity index (χ1) is 14.6. The lowest BCUT2D eigenvalue weighted by atomic mass is 10.1. The zero-order chi connectivity index (χ0) is 21.1. The summed E-state index contributed by atoms with van der Waals surface area (Å²) in [4.78, 5) is 35.2. The van der Waals surface area contributed by atoms with Crippen LogP contribution in [0.15, 0.2) is 61.1 Å². The van der Waals surface area contributed by atoms with Crippen LogP contribution in [0.5, 0.6) is 0 Å². The van der Waals surface area contributed by atoms with Crippen LogP contribution in [0.4, 0.5) is 5.69 Å². The van der Waals surface area contributed by atoms with Gasteiger partial charge in [0.25, 0.3) is 5.91 Å². The topological polar surface area (TPSA) is 101 Å². The first-order valence-corrected chi connectivity index (χ1v) is 9.33. The monoisotopic (exact) mass is 421 g/mol. The first kappa shape index (κ1) is 19.5. The Bertz CT molecular complexity index is 1230. The second-order valence-corrected chi connectivity index (χ2v) is 6.80. The number of benzene rings is 1. The third kappa shape index (κ3) is 3.85. The number of aromatic amines is 1. The zero-order valence-electron chi connectivity index (χ0n) is 15.9. The molecule has 3 heterocycles. The number of carbonyl (C=O) groups is 2. The van der Waals surface area contributed by atoms with Crippen molar-refractivity contribution in [2.24, 2.45) is 0 Å². The smallest absolute Gasteiger partial charge is 0.358 e. The van der Waals surface area contributed by atoms with Crippen molar-refractivity contribution in [3.8, 4) is 0 Å². The van der Waals surface area contributed by atoms with E-state index in [0.717, 1.165) is 10.9 Å². The van der Waals surface area contributed by atoms with Gasteiger partial charge in [-0.15, -0.1) is 0 Å². The molecule has 0 atom stereocenters. The SMILES string of the molecule is COC(=O)c1[nH]ncc1N(Cc1ccc2ccc(Cl)nc2c1)C(=O)c1cccnc1. The fourth-order valence-electron chi connectivity index (χ4n) is 3.07. The third-order valence-corrected chi connectivity index (χ3v) is 4.73. The Hall–Kier alpha value is -3.78. The molecule has 9 heteroatoms. The van der Waals surface area contributed by atoms with Gasteiger partial charge in [-0.05, 0) is 35.9 Å². The quantitative estimate of drug-likeness (QED) is 0.390. The molecule has 0 bridgehead atoms. The molecule has 1 amide bonds. The van der Waals surface area contributed by atoms with Crippen molar-refractivity contribution < 1.29 is 14.3 Å². The second kappa shape index (κ2) is 8.30. The largest absolute Gasteiger partial charge is 0.464 e. The number of nitrogens with one attached hydrogen (secondary N) is 1. The lowest BCUT2D eigenvalue weighted by Gasteiger charge is -2.22. The van der Waals surface area contributed by atoms with E-state index in [1.807, 2.05) is 24.3 Å². The Labute approximate surface area is 176 Å². The molecule has 1 N–H and O–H groups in total. The van der Waals surface area contributed by atoms with Crippen LogP contribution in [0, 0.1) is 0 Å². The highest BCUT2D eigenvalue weighted by molar-refractivity contribution is 6.29. The number of carbonyl (C=O) groups excluding carboxylic acids is 2. The van der Waals surface area contributed by atoms with Crippen molar-refractivity contribution in [3.63, 3.8) is 0 Å². The summed E-state index contributed by atoms with van der Waals surface area (Å²) >= 11 is 6.01. The Balaban J connectivity index is 1.77. The molecule has 1 aromatic carbocycles.